The highest BCUT2D eigenvalue weighted by atomic mass is 32.2. The van der Waals surface area contributed by atoms with E-state index in [-0.39, 0.29) is 0 Å². The zero-order valence-corrected chi connectivity index (χ0v) is 13.4. The summed E-state index contributed by atoms with van der Waals surface area (Å²) in [6.07, 6.45) is 1.17. The molecule has 2 N–H and O–H groups in total. The van der Waals surface area contributed by atoms with E-state index in [1.54, 1.807) is 11.3 Å². The average Bonchev–Trinajstić information content (AvgIpc) is 2.67. The lowest BCUT2D eigenvalue weighted by atomic mass is 10.1. The molecule has 7 heteroatoms. The van der Waals surface area contributed by atoms with Gasteiger partial charge in [-0.05, 0) is 26.0 Å². The van der Waals surface area contributed by atoms with E-state index in [0.717, 1.165) is 15.2 Å². The minimum atomic E-state index is -3.20. The van der Waals surface area contributed by atoms with Crippen LogP contribution in [0, 0.1) is 0 Å². The molecule has 5 nitrogen and oxygen atoms in total. The van der Waals surface area contributed by atoms with E-state index in [4.69, 9.17) is 0 Å². The van der Waals surface area contributed by atoms with Gasteiger partial charge in [0.1, 0.15) is 5.01 Å². The van der Waals surface area contributed by atoms with Crippen LogP contribution in [0.5, 0.6) is 0 Å². The first kappa shape index (κ1) is 15.4. The Labute approximate surface area is 123 Å². The molecule has 0 aliphatic carbocycles. The number of fused-ring (bicyclic) bond motifs is 1. The second kappa shape index (κ2) is 5.77. The Morgan fingerprint density at radius 1 is 1.30 bits per heavy atom. The van der Waals surface area contributed by atoms with E-state index in [2.05, 4.69) is 15.0 Å². The lowest BCUT2D eigenvalue weighted by Crippen LogP contribution is -2.49. The van der Waals surface area contributed by atoms with Crippen molar-refractivity contribution in [3.8, 4) is 0 Å². The molecule has 1 aromatic carbocycles. The molecule has 0 amide bonds. The largest absolute Gasteiger partial charge is 0.309 e. The molecular weight excluding hydrogens is 294 g/mol. The van der Waals surface area contributed by atoms with Gasteiger partial charge in [0.15, 0.2) is 0 Å². The Morgan fingerprint density at radius 2 is 2.00 bits per heavy atom. The molecule has 0 bridgehead atoms. The van der Waals surface area contributed by atoms with Crippen molar-refractivity contribution in [2.24, 2.45) is 0 Å². The number of rotatable bonds is 6. The SMILES string of the molecule is CC(C)(CNCc1nc2ccccc2s1)NS(C)(=O)=O. The molecular formula is C13H19N3O2S2. The van der Waals surface area contributed by atoms with Crippen LogP contribution in [0.2, 0.25) is 0 Å². The smallest absolute Gasteiger partial charge is 0.209 e. The topological polar surface area (TPSA) is 71.1 Å². The van der Waals surface area contributed by atoms with Crippen LogP contribution in [0.4, 0.5) is 0 Å². The second-order valence-electron chi connectivity index (χ2n) is 5.44. The molecule has 0 radical (unpaired) electrons. The van der Waals surface area contributed by atoms with Crippen molar-refractivity contribution < 1.29 is 8.42 Å². The molecule has 2 rings (SSSR count). The first-order valence-corrected chi connectivity index (χ1v) is 9.00. The van der Waals surface area contributed by atoms with Crippen molar-refractivity contribution >= 4 is 31.6 Å². The zero-order valence-electron chi connectivity index (χ0n) is 11.8. The van der Waals surface area contributed by atoms with Gasteiger partial charge >= 0.3 is 0 Å². The van der Waals surface area contributed by atoms with Crippen LogP contribution in [-0.4, -0.2) is 31.7 Å². The van der Waals surface area contributed by atoms with Crippen LogP contribution in [0.3, 0.4) is 0 Å². The zero-order chi connectivity index (χ0) is 14.8. The van der Waals surface area contributed by atoms with Gasteiger partial charge in [-0.3, -0.25) is 0 Å². The second-order valence-corrected chi connectivity index (χ2v) is 8.30. The van der Waals surface area contributed by atoms with Crippen LogP contribution in [-0.2, 0) is 16.6 Å². The van der Waals surface area contributed by atoms with E-state index in [1.807, 2.05) is 38.1 Å². The Hall–Kier alpha value is -1.02. The lowest BCUT2D eigenvalue weighted by molar-refractivity contribution is 0.421. The summed E-state index contributed by atoms with van der Waals surface area (Å²) in [4.78, 5) is 4.52. The number of aromatic nitrogens is 1. The molecule has 110 valence electrons. The number of thiazole rings is 1. The first-order valence-electron chi connectivity index (χ1n) is 6.29. The van der Waals surface area contributed by atoms with E-state index >= 15 is 0 Å². The van der Waals surface area contributed by atoms with Gasteiger partial charge in [-0.2, -0.15) is 0 Å². The van der Waals surface area contributed by atoms with Gasteiger partial charge in [-0.15, -0.1) is 11.3 Å². The Morgan fingerprint density at radius 3 is 2.65 bits per heavy atom. The molecule has 0 spiro atoms. The quantitative estimate of drug-likeness (QED) is 0.852. The fourth-order valence-electron chi connectivity index (χ4n) is 2.02. The third kappa shape index (κ3) is 4.52. The molecule has 0 aliphatic heterocycles. The fourth-order valence-corrected chi connectivity index (χ4v) is 4.03. The van der Waals surface area contributed by atoms with Crippen LogP contribution in [0.15, 0.2) is 24.3 Å². The highest BCUT2D eigenvalue weighted by Gasteiger charge is 2.21. The summed E-state index contributed by atoms with van der Waals surface area (Å²) in [5, 5.41) is 4.25. The highest BCUT2D eigenvalue weighted by Crippen LogP contribution is 2.21. The maximum Gasteiger partial charge on any atom is 0.209 e. The maximum atomic E-state index is 11.2. The monoisotopic (exact) mass is 313 g/mol. The number of nitrogens with zero attached hydrogens (tertiary/aromatic N) is 1. The molecule has 20 heavy (non-hydrogen) atoms. The van der Waals surface area contributed by atoms with Crippen molar-refractivity contribution in [1.29, 1.82) is 0 Å². The number of nitrogens with one attached hydrogen (secondary N) is 2. The normalized spacial score (nSPS) is 12.9. The molecule has 0 aliphatic rings. The van der Waals surface area contributed by atoms with Crippen LogP contribution < -0.4 is 10.0 Å². The van der Waals surface area contributed by atoms with Crippen molar-refractivity contribution in [2.45, 2.75) is 25.9 Å². The Balaban J connectivity index is 1.92. The average molecular weight is 313 g/mol. The Kier molecular flexibility index (Phi) is 4.43. The summed E-state index contributed by atoms with van der Waals surface area (Å²) in [6.45, 7) is 4.86. The number of hydrogen-bond acceptors (Lipinski definition) is 5. The third-order valence-electron chi connectivity index (χ3n) is 2.64. The van der Waals surface area contributed by atoms with E-state index in [1.165, 1.54) is 6.26 Å². The highest BCUT2D eigenvalue weighted by molar-refractivity contribution is 7.88. The minimum absolute atomic E-state index is 0.524. The van der Waals surface area contributed by atoms with Gasteiger partial charge in [0.25, 0.3) is 0 Å². The van der Waals surface area contributed by atoms with E-state index in [9.17, 15) is 8.42 Å². The summed E-state index contributed by atoms with van der Waals surface area (Å²) in [5.74, 6) is 0. The van der Waals surface area contributed by atoms with Gasteiger partial charge < -0.3 is 5.32 Å². The van der Waals surface area contributed by atoms with Gasteiger partial charge in [0.2, 0.25) is 10.0 Å². The van der Waals surface area contributed by atoms with Gasteiger partial charge in [-0.1, -0.05) is 12.1 Å². The molecule has 0 saturated carbocycles. The lowest BCUT2D eigenvalue weighted by Gasteiger charge is -2.25. The molecule has 2 aromatic rings. The minimum Gasteiger partial charge on any atom is -0.309 e. The molecule has 1 heterocycles. The molecule has 0 saturated heterocycles. The van der Waals surface area contributed by atoms with Crippen molar-refractivity contribution in [2.75, 3.05) is 12.8 Å². The maximum absolute atomic E-state index is 11.2. The predicted octanol–water partition coefficient (Wildman–Crippen LogP) is 1.71. The number of benzene rings is 1. The van der Waals surface area contributed by atoms with Crippen LogP contribution >= 0.6 is 11.3 Å². The number of hydrogen-bond donors (Lipinski definition) is 2. The van der Waals surface area contributed by atoms with Crippen LogP contribution in [0.25, 0.3) is 10.2 Å². The molecule has 0 fully saturated rings. The molecule has 1 aromatic heterocycles. The van der Waals surface area contributed by atoms with Crippen molar-refractivity contribution in [1.82, 2.24) is 15.0 Å². The Bertz CT molecular complexity index is 659. The van der Waals surface area contributed by atoms with E-state index in [0.29, 0.717) is 13.1 Å². The summed E-state index contributed by atoms with van der Waals surface area (Å²) in [7, 11) is -3.20. The number of para-hydroxylation sites is 1. The van der Waals surface area contributed by atoms with E-state index < -0.39 is 15.6 Å². The van der Waals surface area contributed by atoms with Gasteiger partial charge in [0.05, 0.1) is 16.5 Å². The molecule has 0 atom stereocenters. The fraction of sp³-hybridized carbons (Fsp3) is 0.462. The number of sulfonamides is 1. The van der Waals surface area contributed by atoms with Gasteiger partial charge in [-0.25, -0.2) is 18.1 Å². The summed E-state index contributed by atoms with van der Waals surface area (Å²) in [5.41, 5.74) is 0.479. The predicted molar refractivity (Wildman–Crippen MR) is 83.4 cm³/mol. The van der Waals surface area contributed by atoms with Crippen LogP contribution in [0.1, 0.15) is 18.9 Å². The summed E-state index contributed by atoms with van der Waals surface area (Å²) in [6, 6.07) is 8.01. The summed E-state index contributed by atoms with van der Waals surface area (Å²) < 4.78 is 26.3. The first-order chi connectivity index (χ1) is 9.25. The standard InChI is InChI=1S/C13H19N3O2S2/c1-13(2,16-20(3,17)18)9-14-8-12-15-10-6-4-5-7-11(10)19-12/h4-7,14,16H,8-9H2,1-3H3. The molecule has 0 unspecified atom stereocenters. The van der Waals surface area contributed by atoms with Crippen molar-refractivity contribution in [3.05, 3.63) is 29.3 Å². The third-order valence-corrected chi connectivity index (χ3v) is 4.60. The summed E-state index contributed by atoms with van der Waals surface area (Å²) >= 11 is 1.65. The van der Waals surface area contributed by atoms with Crippen molar-refractivity contribution in [3.63, 3.8) is 0 Å². The van der Waals surface area contributed by atoms with Gasteiger partial charge in [0, 0.05) is 18.6 Å².